The predicted octanol–water partition coefficient (Wildman–Crippen LogP) is 2.30. The molecule has 0 N–H and O–H groups in total. The zero-order valence-corrected chi connectivity index (χ0v) is 17.6. The molecule has 1 aromatic carbocycles. The number of benzene rings is 1. The maximum atomic E-state index is 12.9. The number of methoxy groups -OCH3 is 2. The Kier molecular flexibility index (Phi) is 6.74. The van der Waals surface area contributed by atoms with Gasteiger partial charge >= 0.3 is 0 Å². The number of aromatic nitrogens is 2. The van der Waals surface area contributed by atoms with Crippen LogP contribution in [0.25, 0.3) is 0 Å². The number of piperazine rings is 1. The number of nitrogens with zero attached hydrogens (tertiary/aromatic N) is 5. The summed E-state index contributed by atoms with van der Waals surface area (Å²) in [5, 5.41) is 8.75. The fourth-order valence-corrected chi connectivity index (χ4v) is 3.49. The molecule has 3 rings (SSSR count). The highest BCUT2D eigenvalue weighted by Gasteiger charge is 2.24. The summed E-state index contributed by atoms with van der Waals surface area (Å²) in [6.07, 6.45) is 0. The van der Waals surface area contributed by atoms with Crippen LogP contribution in [0.1, 0.15) is 24.2 Å². The standard InChI is InChI=1S/C21H29N5O3/c1-5-24(6-2)19-9-10-20(23-22-19)25-11-13-26(14-12-25)21(27)16-7-8-17(28-3)18(15-16)29-4/h7-10,15H,5-6,11-14H2,1-4H3. The Morgan fingerprint density at radius 3 is 2.21 bits per heavy atom. The van der Waals surface area contributed by atoms with Crippen molar-refractivity contribution in [2.75, 3.05) is 63.3 Å². The number of anilines is 2. The van der Waals surface area contributed by atoms with Crippen LogP contribution in [0.15, 0.2) is 30.3 Å². The first-order valence-corrected chi connectivity index (χ1v) is 9.96. The van der Waals surface area contributed by atoms with Crippen molar-refractivity contribution < 1.29 is 14.3 Å². The summed E-state index contributed by atoms with van der Waals surface area (Å²) in [5.74, 6) is 2.90. The molecule has 29 heavy (non-hydrogen) atoms. The van der Waals surface area contributed by atoms with Gasteiger partial charge in [0.25, 0.3) is 5.91 Å². The molecule has 1 saturated heterocycles. The topological polar surface area (TPSA) is 71.0 Å². The second-order valence-electron chi connectivity index (χ2n) is 6.77. The van der Waals surface area contributed by atoms with Crippen LogP contribution in [0.3, 0.4) is 0 Å². The molecule has 1 aromatic heterocycles. The molecule has 2 heterocycles. The van der Waals surface area contributed by atoms with Gasteiger partial charge in [-0.25, -0.2) is 0 Å². The van der Waals surface area contributed by atoms with Gasteiger partial charge in [-0.1, -0.05) is 0 Å². The first-order valence-electron chi connectivity index (χ1n) is 9.96. The maximum Gasteiger partial charge on any atom is 0.254 e. The number of amides is 1. The monoisotopic (exact) mass is 399 g/mol. The van der Waals surface area contributed by atoms with Gasteiger partial charge in [0.15, 0.2) is 23.1 Å². The number of hydrogen-bond acceptors (Lipinski definition) is 7. The van der Waals surface area contributed by atoms with Gasteiger partial charge in [0.05, 0.1) is 14.2 Å². The van der Waals surface area contributed by atoms with E-state index in [9.17, 15) is 4.79 Å². The number of rotatable bonds is 7. The first kappa shape index (κ1) is 20.7. The SMILES string of the molecule is CCN(CC)c1ccc(N2CCN(C(=O)c3ccc(OC)c(OC)c3)CC2)nn1. The van der Waals surface area contributed by atoms with E-state index in [-0.39, 0.29) is 5.91 Å². The molecule has 0 unspecified atom stereocenters. The first-order chi connectivity index (χ1) is 14.1. The molecule has 2 aromatic rings. The lowest BCUT2D eigenvalue weighted by Gasteiger charge is -2.35. The summed E-state index contributed by atoms with van der Waals surface area (Å²) >= 11 is 0. The van der Waals surface area contributed by atoms with Crippen LogP contribution in [-0.2, 0) is 0 Å². The molecule has 1 amide bonds. The molecule has 0 bridgehead atoms. The van der Waals surface area contributed by atoms with E-state index in [1.165, 1.54) is 0 Å². The third-order valence-electron chi connectivity index (χ3n) is 5.25. The van der Waals surface area contributed by atoms with Gasteiger partial charge in [-0.05, 0) is 44.2 Å². The molecule has 8 heteroatoms. The zero-order chi connectivity index (χ0) is 20.8. The van der Waals surface area contributed by atoms with Crippen molar-refractivity contribution >= 4 is 17.5 Å². The second kappa shape index (κ2) is 9.45. The molecule has 156 valence electrons. The minimum absolute atomic E-state index is 0.00596. The zero-order valence-electron chi connectivity index (χ0n) is 17.6. The van der Waals surface area contributed by atoms with Crippen molar-refractivity contribution in [1.29, 1.82) is 0 Å². The summed E-state index contributed by atoms with van der Waals surface area (Å²) in [6, 6.07) is 9.27. The van der Waals surface area contributed by atoms with Crippen LogP contribution in [0.5, 0.6) is 11.5 Å². The van der Waals surface area contributed by atoms with Gasteiger partial charge in [0, 0.05) is 44.8 Å². The van der Waals surface area contributed by atoms with E-state index in [2.05, 4.69) is 33.8 Å². The van der Waals surface area contributed by atoms with Gasteiger partial charge in [0.2, 0.25) is 0 Å². The molecule has 0 atom stereocenters. The normalized spacial score (nSPS) is 13.9. The van der Waals surface area contributed by atoms with Crippen molar-refractivity contribution in [3.63, 3.8) is 0 Å². The van der Waals surface area contributed by atoms with E-state index in [1.807, 2.05) is 17.0 Å². The van der Waals surface area contributed by atoms with Crippen molar-refractivity contribution in [3.05, 3.63) is 35.9 Å². The molecule has 1 aliphatic heterocycles. The summed E-state index contributed by atoms with van der Waals surface area (Å²) in [4.78, 5) is 19.1. The van der Waals surface area contributed by atoms with Crippen LogP contribution >= 0.6 is 0 Å². The number of carbonyl (C=O) groups excluding carboxylic acids is 1. The van der Waals surface area contributed by atoms with Crippen molar-refractivity contribution in [2.24, 2.45) is 0 Å². The molecule has 0 saturated carbocycles. The van der Waals surface area contributed by atoms with Crippen molar-refractivity contribution in [3.8, 4) is 11.5 Å². The maximum absolute atomic E-state index is 12.9. The molecule has 0 aliphatic carbocycles. The smallest absolute Gasteiger partial charge is 0.254 e. The van der Waals surface area contributed by atoms with Gasteiger partial charge < -0.3 is 24.2 Å². The summed E-state index contributed by atoms with van der Waals surface area (Å²) in [6.45, 7) is 8.72. The molecule has 0 spiro atoms. The number of carbonyl (C=O) groups is 1. The van der Waals surface area contributed by atoms with Gasteiger partial charge in [-0.3, -0.25) is 4.79 Å². The van der Waals surface area contributed by atoms with Gasteiger partial charge in [-0.2, -0.15) is 0 Å². The van der Waals surface area contributed by atoms with E-state index < -0.39 is 0 Å². The average Bonchev–Trinajstić information content (AvgIpc) is 2.79. The predicted molar refractivity (Wildman–Crippen MR) is 113 cm³/mol. The van der Waals surface area contributed by atoms with Gasteiger partial charge in [0.1, 0.15) is 0 Å². The largest absolute Gasteiger partial charge is 0.493 e. The average molecular weight is 399 g/mol. The van der Waals surface area contributed by atoms with Gasteiger partial charge in [-0.15, -0.1) is 10.2 Å². The Morgan fingerprint density at radius 2 is 1.66 bits per heavy atom. The Labute approximate surface area is 172 Å². The highest BCUT2D eigenvalue weighted by molar-refractivity contribution is 5.95. The van der Waals surface area contributed by atoms with Crippen molar-refractivity contribution in [2.45, 2.75) is 13.8 Å². The quantitative estimate of drug-likeness (QED) is 0.707. The minimum Gasteiger partial charge on any atom is -0.493 e. The van der Waals surface area contributed by atoms with E-state index in [4.69, 9.17) is 9.47 Å². The van der Waals surface area contributed by atoms with Crippen molar-refractivity contribution in [1.82, 2.24) is 15.1 Å². The highest BCUT2D eigenvalue weighted by atomic mass is 16.5. The Balaban J connectivity index is 1.62. The fraction of sp³-hybridized carbons (Fsp3) is 0.476. The van der Waals surface area contributed by atoms with E-state index >= 15 is 0 Å². The summed E-state index contributed by atoms with van der Waals surface area (Å²) < 4.78 is 10.6. The van der Waals surface area contributed by atoms with Crippen LogP contribution in [0.4, 0.5) is 11.6 Å². The molecule has 1 fully saturated rings. The van der Waals surface area contributed by atoms with E-state index in [1.54, 1.807) is 32.4 Å². The fourth-order valence-electron chi connectivity index (χ4n) is 3.49. The molecular weight excluding hydrogens is 370 g/mol. The summed E-state index contributed by atoms with van der Waals surface area (Å²) in [7, 11) is 3.15. The van der Waals surface area contributed by atoms with Crippen LogP contribution in [0.2, 0.25) is 0 Å². The lowest BCUT2D eigenvalue weighted by Crippen LogP contribution is -2.49. The molecule has 8 nitrogen and oxygen atoms in total. The highest BCUT2D eigenvalue weighted by Crippen LogP contribution is 2.28. The Hall–Kier alpha value is -3.03. The Morgan fingerprint density at radius 1 is 0.966 bits per heavy atom. The Bertz CT molecular complexity index is 816. The van der Waals surface area contributed by atoms with Crippen LogP contribution in [-0.4, -0.2) is 74.5 Å². The lowest BCUT2D eigenvalue weighted by atomic mass is 10.1. The molecular formula is C21H29N5O3. The molecule has 0 radical (unpaired) electrons. The number of hydrogen-bond donors (Lipinski definition) is 0. The minimum atomic E-state index is -0.00596. The third-order valence-corrected chi connectivity index (χ3v) is 5.25. The third kappa shape index (κ3) is 4.52. The second-order valence-corrected chi connectivity index (χ2v) is 6.77. The van der Waals surface area contributed by atoms with E-state index in [0.717, 1.165) is 37.8 Å². The summed E-state index contributed by atoms with van der Waals surface area (Å²) in [5.41, 5.74) is 0.597. The van der Waals surface area contributed by atoms with E-state index in [0.29, 0.717) is 30.2 Å². The number of ether oxygens (including phenoxy) is 2. The van der Waals surface area contributed by atoms with Crippen LogP contribution in [0, 0.1) is 0 Å². The van der Waals surface area contributed by atoms with Crippen LogP contribution < -0.4 is 19.3 Å². The molecule has 1 aliphatic rings. The lowest BCUT2D eigenvalue weighted by molar-refractivity contribution is 0.0746.